The Balaban J connectivity index is 0.00000147. The third kappa shape index (κ3) is 3.08. The summed E-state index contributed by atoms with van der Waals surface area (Å²) >= 11 is 0. The number of rotatable bonds is 3. The lowest BCUT2D eigenvalue weighted by atomic mass is 9.82. The first-order chi connectivity index (χ1) is 9.19. The largest absolute Gasteiger partial charge is 0.374 e. The molecule has 3 heterocycles. The van der Waals surface area contributed by atoms with Crippen molar-refractivity contribution in [2.75, 3.05) is 26.2 Å². The molecule has 0 aromatic carbocycles. The summed E-state index contributed by atoms with van der Waals surface area (Å²) < 4.78 is 6.04. The monoisotopic (exact) mass is 393 g/mol. The molecule has 0 aliphatic carbocycles. The van der Waals surface area contributed by atoms with Gasteiger partial charge >= 0.3 is 0 Å². The third-order valence-corrected chi connectivity index (χ3v) is 4.69. The van der Waals surface area contributed by atoms with Crippen LogP contribution in [0.2, 0.25) is 0 Å². The van der Waals surface area contributed by atoms with Crippen molar-refractivity contribution in [3.63, 3.8) is 0 Å². The number of hydrogen-bond donors (Lipinski definition) is 1. The van der Waals surface area contributed by atoms with E-state index in [1.165, 1.54) is 12.8 Å². The zero-order chi connectivity index (χ0) is 13.4. The van der Waals surface area contributed by atoms with Crippen molar-refractivity contribution in [2.45, 2.75) is 45.8 Å². The average molecular weight is 393 g/mol. The lowest BCUT2D eigenvalue weighted by Crippen LogP contribution is -2.41. The number of halogens is 1. The van der Waals surface area contributed by atoms with Crippen LogP contribution < -0.4 is 5.32 Å². The molecule has 4 atom stereocenters. The lowest BCUT2D eigenvalue weighted by molar-refractivity contribution is 0.0767. The molecule has 3 rings (SSSR count). The molecule has 3 fully saturated rings. The van der Waals surface area contributed by atoms with Gasteiger partial charge in [0.2, 0.25) is 0 Å². The highest BCUT2D eigenvalue weighted by Gasteiger charge is 2.53. The molecule has 0 radical (unpaired) electrons. The van der Waals surface area contributed by atoms with Gasteiger partial charge in [-0.3, -0.25) is 4.99 Å². The highest BCUT2D eigenvalue weighted by Crippen LogP contribution is 2.47. The number of aliphatic imine (C=N–C) groups is 1. The van der Waals surface area contributed by atoms with Crippen LogP contribution in [0.25, 0.3) is 0 Å². The molecule has 3 aliphatic heterocycles. The van der Waals surface area contributed by atoms with Crippen molar-refractivity contribution in [1.82, 2.24) is 10.2 Å². The number of fused-ring (bicyclic) bond motifs is 5. The zero-order valence-corrected chi connectivity index (χ0v) is 15.2. The van der Waals surface area contributed by atoms with Crippen LogP contribution in [0, 0.1) is 17.8 Å². The molecule has 0 aromatic heterocycles. The van der Waals surface area contributed by atoms with Crippen LogP contribution in [-0.4, -0.2) is 49.2 Å². The first-order valence-corrected chi connectivity index (χ1v) is 7.87. The van der Waals surface area contributed by atoms with Crippen LogP contribution >= 0.6 is 24.0 Å². The molecule has 0 spiro atoms. The van der Waals surface area contributed by atoms with E-state index >= 15 is 0 Å². The second-order valence-corrected chi connectivity index (χ2v) is 6.61. The quantitative estimate of drug-likeness (QED) is 0.454. The van der Waals surface area contributed by atoms with Gasteiger partial charge in [-0.15, -0.1) is 24.0 Å². The van der Waals surface area contributed by atoms with Crippen molar-refractivity contribution < 1.29 is 4.74 Å². The maximum atomic E-state index is 6.04. The van der Waals surface area contributed by atoms with Crippen LogP contribution in [0.4, 0.5) is 0 Å². The summed E-state index contributed by atoms with van der Waals surface area (Å²) in [6.45, 7) is 10.7. The molecule has 20 heavy (non-hydrogen) atoms. The number of hydrogen-bond acceptors (Lipinski definition) is 2. The van der Waals surface area contributed by atoms with Gasteiger partial charge in [0, 0.05) is 38.0 Å². The molecule has 3 aliphatic rings. The van der Waals surface area contributed by atoms with Crippen molar-refractivity contribution in [3.05, 3.63) is 0 Å². The maximum Gasteiger partial charge on any atom is 0.193 e. The van der Waals surface area contributed by atoms with E-state index in [0.717, 1.165) is 44.0 Å². The molecular weight excluding hydrogens is 365 g/mol. The molecular formula is C15H28IN3O. The number of nitrogens with one attached hydrogen (secondary N) is 1. The van der Waals surface area contributed by atoms with E-state index in [0.29, 0.717) is 18.1 Å². The van der Waals surface area contributed by atoms with E-state index < -0.39 is 0 Å². The number of likely N-dealkylation sites (tertiary alicyclic amines) is 1. The Morgan fingerprint density at radius 1 is 1.25 bits per heavy atom. The SMILES string of the molecule is CCNC(=NCC(C)C)N1CC2C3CCC(O3)C2C1.I. The molecule has 5 heteroatoms. The number of guanidine groups is 1. The molecule has 2 bridgehead atoms. The van der Waals surface area contributed by atoms with Crippen LogP contribution in [-0.2, 0) is 4.74 Å². The molecule has 4 unspecified atom stereocenters. The van der Waals surface area contributed by atoms with Crippen molar-refractivity contribution >= 4 is 29.9 Å². The highest BCUT2D eigenvalue weighted by molar-refractivity contribution is 14.0. The minimum absolute atomic E-state index is 0. The van der Waals surface area contributed by atoms with Gasteiger partial charge in [-0.1, -0.05) is 13.8 Å². The number of ether oxygens (including phenoxy) is 1. The van der Waals surface area contributed by atoms with Gasteiger partial charge in [0.25, 0.3) is 0 Å². The summed E-state index contributed by atoms with van der Waals surface area (Å²) in [5, 5.41) is 3.45. The predicted molar refractivity (Wildman–Crippen MR) is 92.7 cm³/mol. The molecule has 0 amide bonds. The van der Waals surface area contributed by atoms with Crippen LogP contribution in [0.1, 0.15) is 33.6 Å². The van der Waals surface area contributed by atoms with Gasteiger partial charge in [-0.05, 0) is 25.7 Å². The van der Waals surface area contributed by atoms with E-state index in [1.54, 1.807) is 0 Å². The fourth-order valence-corrected chi connectivity index (χ4v) is 3.83. The Kier molecular flexibility index (Phi) is 5.56. The van der Waals surface area contributed by atoms with Gasteiger partial charge in [-0.2, -0.15) is 0 Å². The summed E-state index contributed by atoms with van der Waals surface area (Å²) in [6.07, 6.45) is 3.62. The average Bonchev–Trinajstić information content (AvgIpc) is 3.04. The van der Waals surface area contributed by atoms with Crippen molar-refractivity contribution in [3.8, 4) is 0 Å². The Labute approximate surface area is 139 Å². The molecule has 1 N–H and O–H groups in total. The van der Waals surface area contributed by atoms with Gasteiger partial charge in [0.05, 0.1) is 12.2 Å². The topological polar surface area (TPSA) is 36.9 Å². The van der Waals surface area contributed by atoms with Crippen LogP contribution in [0.3, 0.4) is 0 Å². The zero-order valence-electron chi connectivity index (χ0n) is 12.8. The Bertz CT molecular complexity index is 343. The summed E-state index contributed by atoms with van der Waals surface area (Å²) in [5.74, 6) is 3.24. The molecule has 3 saturated heterocycles. The maximum absolute atomic E-state index is 6.04. The van der Waals surface area contributed by atoms with Gasteiger partial charge in [0.15, 0.2) is 5.96 Å². The molecule has 0 aromatic rings. The van der Waals surface area contributed by atoms with Crippen LogP contribution in [0.5, 0.6) is 0 Å². The van der Waals surface area contributed by atoms with Crippen molar-refractivity contribution in [1.29, 1.82) is 0 Å². The number of nitrogens with zero attached hydrogens (tertiary/aromatic N) is 2. The third-order valence-electron chi connectivity index (χ3n) is 4.69. The Morgan fingerprint density at radius 3 is 2.35 bits per heavy atom. The van der Waals surface area contributed by atoms with E-state index in [9.17, 15) is 0 Å². The highest BCUT2D eigenvalue weighted by atomic mass is 127. The van der Waals surface area contributed by atoms with E-state index in [4.69, 9.17) is 9.73 Å². The van der Waals surface area contributed by atoms with E-state index in [-0.39, 0.29) is 24.0 Å². The summed E-state index contributed by atoms with van der Waals surface area (Å²) in [7, 11) is 0. The fraction of sp³-hybridized carbons (Fsp3) is 0.933. The van der Waals surface area contributed by atoms with Crippen LogP contribution in [0.15, 0.2) is 4.99 Å². The smallest absolute Gasteiger partial charge is 0.193 e. The first kappa shape index (κ1) is 16.3. The van der Waals surface area contributed by atoms with E-state index in [1.807, 2.05) is 0 Å². The minimum Gasteiger partial charge on any atom is -0.374 e. The standard InChI is InChI=1S/C15H27N3O.HI/c1-4-16-15(17-7-10(2)3)18-8-11-12(9-18)14-6-5-13(11)19-14;/h10-14H,4-9H2,1-3H3,(H,16,17);1H. The van der Waals surface area contributed by atoms with Gasteiger partial charge < -0.3 is 15.0 Å². The second kappa shape index (κ2) is 6.81. The Hall–Kier alpha value is -0.0400. The minimum atomic E-state index is 0. The lowest BCUT2D eigenvalue weighted by Gasteiger charge is -2.23. The fourth-order valence-electron chi connectivity index (χ4n) is 3.83. The van der Waals surface area contributed by atoms with Gasteiger partial charge in [-0.25, -0.2) is 0 Å². The molecule has 4 nitrogen and oxygen atoms in total. The van der Waals surface area contributed by atoms with E-state index in [2.05, 4.69) is 31.0 Å². The summed E-state index contributed by atoms with van der Waals surface area (Å²) in [5.41, 5.74) is 0. The second-order valence-electron chi connectivity index (χ2n) is 6.61. The summed E-state index contributed by atoms with van der Waals surface area (Å²) in [6, 6.07) is 0. The first-order valence-electron chi connectivity index (χ1n) is 7.87. The summed E-state index contributed by atoms with van der Waals surface area (Å²) in [4.78, 5) is 7.25. The normalized spacial score (nSPS) is 35.4. The van der Waals surface area contributed by atoms with Gasteiger partial charge in [0.1, 0.15) is 0 Å². The molecule has 0 saturated carbocycles. The predicted octanol–water partition coefficient (Wildman–Crippen LogP) is 2.34. The molecule has 116 valence electrons. The Morgan fingerprint density at radius 2 is 1.85 bits per heavy atom. The van der Waals surface area contributed by atoms with Crippen molar-refractivity contribution in [2.24, 2.45) is 22.7 Å².